The molecule has 0 atom stereocenters. The molecule has 5 N–H and O–H groups in total. The predicted octanol–water partition coefficient (Wildman–Crippen LogP) is 8.96. The number of hydrogen-bond acceptors (Lipinski definition) is 10. The zero-order chi connectivity index (χ0) is 41.7. The van der Waals surface area contributed by atoms with E-state index in [2.05, 4.69) is 83.8 Å². The van der Waals surface area contributed by atoms with Gasteiger partial charge in [0.2, 0.25) is 5.36 Å². The standard InChI is InChI=1S/C28H30N2O3.C16H11ClN2O5S.Cr.H2O/c1-5-29(6-2)19-13-15-23-25(17-19)33-26-18-20(30(7-3)8-4)14-16-24(26)27(23)21-11-9-10-12-22(21)28(31)32;17-10-2-6-14(20)13(8-10)18-19-16-12-4-3-11(25(22,23)24)7-9(12)1-5-15(16)21;;/h9-18H,5-8H2,1-4H3;1-8,20-21H,(H,22,23,24);;1H2. The molecule has 5 aromatic carbocycles. The van der Waals surface area contributed by atoms with Crippen molar-refractivity contribution in [2.75, 3.05) is 31.1 Å². The van der Waals surface area contributed by atoms with Gasteiger partial charge >= 0.3 is 5.97 Å². The maximum Gasteiger partial charge on any atom is 0.336 e. The number of rotatable bonds is 10. The van der Waals surface area contributed by atoms with Crippen molar-refractivity contribution in [2.24, 2.45) is 10.2 Å². The summed E-state index contributed by atoms with van der Waals surface area (Å²) in [4.78, 5) is 14.0. The van der Waals surface area contributed by atoms with Crippen LogP contribution in [0, 0.1) is 0 Å². The Morgan fingerprint density at radius 1 is 0.800 bits per heavy atom. The monoisotopic (exact) mass is 890 g/mol. The fraction of sp³-hybridized carbons (Fsp3) is 0.182. The Balaban J connectivity index is 0.000000265. The van der Waals surface area contributed by atoms with Crippen LogP contribution in [0.4, 0.5) is 17.1 Å². The van der Waals surface area contributed by atoms with Crippen LogP contribution in [0.5, 0.6) is 11.5 Å². The minimum Gasteiger partial charge on any atom is -0.744 e. The Hall–Kier alpha value is -5.79. The fourth-order valence-corrected chi connectivity index (χ4v) is 7.51. The normalized spacial score (nSPS) is 11.2. The molecule has 1 aliphatic carbocycles. The Morgan fingerprint density at radius 2 is 1.48 bits per heavy atom. The first kappa shape index (κ1) is 46.9. The first-order valence-electron chi connectivity index (χ1n) is 18.6. The fourth-order valence-electron chi connectivity index (χ4n) is 6.84. The van der Waals surface area contributed by atoms with Crippen LogP contribution in [0.3, 0.4) is 0 Å². The summed E-state index contributed by atoms with van der Waals surface area (Å²) < 4.78 is 42.1. The molecule has 0 amide bonds. The van der Waals surface area contributed by atoms with Crippen molar-refractivity contribution in [2.45, 2.75) is 32.6 Å². The maximum absolute atomic E-state index is 12.1. The number of fused-ring (bicyclic) bond motifs is 3. The second-order valence-electron chi connectivity index (χ2n) is 13.1. The van der Waals surface area contributed by atoms with Crippen LogP contribution in [0.15, 0.2) is 129 Å². The van der Waals surface area contributed by atoms with E-state index in [1.807, 2.05) is 12.1 Å². The number of aromatic carboxylic acids is 1. The van der Waals surface area contributed by atoms with E-state index < -0.39 is 16.1 Å². The summed E-state index contributed by atoms with van der Waals surface area (Å²) in [6.45, 7) is 12.1. The number of halogens is 1. The second-order valence-corrected chi connectivity index (χ2v) is 15.0. The maximum atomic E-state index is 12.1. The molecule has 13 nitrogen and oxygen atoms in total. The van der Waals surface area contributed by atoms with E-state index in [1.165, 1.54) is 42.5 Å². The molecule has 7 rings (SSSR count). The van der Waals surface area contributed by atoms with Gasteiger partial charge in [-0.25, -0.2) is 17.8 Å². The largest absolute Gasteiger partial charge is 0.744 e. The van der Waals surface area contributed by atoms with Gasteiger partial charge in [-0.3, -0.25) is 0 Å². The molecule has 60 heavy (non-hydrogen) atoms. The zero-order valence-corrected chi connectivity index (χ0v) is 35.9. The Labute approximate surface area is 362 Å². The van der Waals surface area contributed by atoms with E-state index in [1.54, 1.807) is 12.1 Å². The molecular formula is C44H43ClCrN4O9S. The van der Waals surface area contributed by atoms with Crippen molar-refractivity contribution in [3.8, 4) is 33.9 Å². The van der Waals surface area contributed by atoms with Crippen LogP contribution in [0.25, 0.3) is 44.2 Å². The van der Waals surface area contributed by atoms with Crippen molar-refractivity contribution in [3.63, 3.8) is 0 Å². The van der Waals surface area contributed by atoms with Gasteiger partial charge in [-0.1, -0.05) is 41.9 Å². The molecule has 1 heterocycles. The van der Waals surface area contributed by atoms with Crippen LogP contribution in [-0.4, -0.2) is 65.9 Å². The van der Waals surface area contributed by atoms with E-state index in [-0.39, 0.29) is 56.2 Å². The molecule has 0 bridgehead atoms. The van der Waals surface area contributed by atoms with E-state index in [0.29, 0.717) is 21.4 Å². The summed E-state index contributed by atoms with van der Waals surface area (Å²) in [6.07, 6.45) is 0. The van der Waals surface area contributed by atoms with Crippen LogP contribution < -0.4 is 14.8 Å². The molecule has 0 fully saturated rings. The number of phenolic OH excluding ortho intramolecular Hbond substituents is 2. The third-order valence-electron chi connectivity index (χ3n) is 9.80. The Morgan fingerprint density at radius 3 is 2.15 bits per heavy atom. The third-order valence-corrected chi connectivity index (χ3v) is 10.9. The van der Waals surface area contributed by atoms with Crippen molar-refractivity contribution >= 4 is 66.5 Å². The molecule has 0 aromatic heterocycles. The number of carboxylic acids is 1. The van der Waals surface area contributed by atoms with Gasteiger partial charge in [-0.2, -0.15) is 0 Å². The Kier molecular flexibility index (Phi) is 15.6. The van der Waals surface area contributed by atoms with Crippen LogP contribution in [0.2, 0.25) is 5.02 Å². The SMILES string of the molecule is CCN(CC)c1ccc2c(-c3ccccc3C(=O)O)c3ccc(=[N+](CC)CC)cc-3oc2c1.O.O=S(=O)([O-])c1ccc2c(N=Nc3cc(Cl)ccc3O)c(O)ccc2c1.[Cr]. The summed E-state index contributed by atoms with van der Waals surface area (Å²) >= 11 is 5.84. The molecule has 0 saturated heterocycles. The summed E-state index contributed by atoms with van der Waals surface area (Å²) in [5, 5.41) is 40.6. The minimum absolute atomic E-state index is 0. The quantitative estimate of drug-likeness (QED) is 0.0517. The van der Waals surface area contributed by atoms with Gasteiger partial charge < -0.3 is 34.7 Å². The average molecular weight is 891 g/mol. The molecule has 0 radical (unpaired) electrons. The van der Waals surface area contributed by atoms with Gasteiger partial charge in [0.05, 0.1) is 16.5 Å². The number of benzene rings is 6. The van der Waals surface area contributed by atoms with Gasteiger partial charge in [-0.15, -0.1) is 10.2 Å². The van der Waals surface area contributed by atoms with Gasteiger partial charge in [0.25, 0.3) is 0 Å². The topological polar surface area (TPSA) is 211 Å². The van der Waals surface area contributed by atoms with Gasteiger partial charge in [0.15, 0.2) is 0 Å². The third kappa shape index (κ3) is 9.97. The first-order valence-corrected chi connectivity index (χ1v) is 20.3. The van der Waals surface area contributed by atoms with E-state index in [9.17, 15) is 33.1 Å². The van der Waals surface area contributed by atoms with Gasteiger partial charge in [0, 0.05) is 75.2 Å². The number of azo groups is 1. The number of carboxylic acid groups (broad SMARTS) is 1. The molecule has 1 aliphatic heterocycles. The molecule has 312 valence electrons. The van der Waals surface area contributed by atoms with Crippen LogP contribution in [-0.2, 0) is 27.5 Å². The number of nitrogens with zero attached hydrogens (tertiary/aromatic N) is 4. The number of carbonyl (C=O) groups is 1. The molecular weight excluding hydrogens is 848 g/mol. The summed E-state index contributed by atoms with van der Waals surface area (Å²) in [6, 6.07) is 30.3. The smallest absolute Gasteiger partial charge is 0.336 e. The number of phenols is 2. The molecule has 5 aromatic rings. The number of hydrogen-bond donors (Lipinski definition) is 3. The number of anilines is 1. The van der Waals surface area contributed by atoms with Crippen molar-refractivity contribution in [1.82, 2.24) is 4.58 Å². The second kappa shape index (κ2) is 20.0. The molecule has 0 unspecified atom stereocenters. The summed E-state index contributed by atoms with van der Waals surface area (Å²) in [5.74, 6) is -0.533. The van der Waals surface area contributed by atoms with Crippen molar-refractivity contribution in [1.29, 1.82) is 0 Å². The van der Waals surface area contributed by atoms with Crippen molar-refractivity contribution in [3.05, 3.63) is 125 Å². The van der Waals surface area contributed by atoms with E-state index >= 15 is 0 Å². The zero-order valence-electron chi connectivity index (χ0n) is 33.1. The molecule has 0 saturated carbocycles. The molecule has 2 aliphatic rings. The van der Waals surface area contributed by atoms with Gasteiger partial charge in [0.1, 0.15) is 57.4 Å². The van der Waals surface area contributed by atoms with Crippen molar-refractivity contribution < 1.29 is 60.3 Å². The van der Waals surface area contributed by atoms with Crippen LogP contribution in [0.1, 0.15) is 38.1 Å². The molecule has 16 heteroatoms. The van der Waals surface area contributed by atoms with Gasteiger partial charge in [-0.05, 0) is 99.3 Å². The minimum atomic E-state index is -4.60. The Bertz CT molecular complexity index is 2860. The average Bonchev–Trinajstić information content (AvgIpc) is 3.21. The van der Waals surface area contributed by atoms with E-state index in [4.69, 9.17) is 16.0 Å². The number of aromatic hydroxyl groups is 2. The van der Waals surface area contributed by atoms with Crippen LogP contribution >= 0.6 is 11.6 Å². The van der Waals surface area contributed by atoms with E-state index in [0.717, 1.165) is 71.1 Å². The predicted molar refractivity (Wildman–Crippen MR) is 230 cm³/mol. The summed E-state index contributed by atoms with van der Waals surface area (Å²) in [5.41, 5.74) is 4.78. The summed E-state index contributed by atoms with van der Waals surface area (Å²) in [7, 11) is -4.60. The molecule has 0 spiro atoms. The first-order chi connectivity index (χ1) is 27.8.